The van der Waals surface area contributed by atoms with Crippen molar-refractivity contribution in [1.29, 1.82) is 0 Å². The van der Waals surface area contributed by atoms with Crippen LogP contribution in [0.2, 0.25) is 0 Å². The van der Waals surface area contributed by atoms with Crippen LogP contribution in [0.5, 0.6) is 0 Å². The first-order valence-corrected chi connectivity index (χ1v) is 6.06. The van der Waals surface area contributed by atoms with Crippen LogP contribution in [0, 0.1) is 0 Å². The van der Waals surface area contributed by atoms with Gasteiger partial charge in [0.15, 0.2) is 5.82 Å². The van der Waals surface area contributed by atoms with E-state index in [1.165, 1.54) is 0 Å². The Labute approximate surface area is 108 Å². The van der Waals surface area contributed by atoms with Gasteiger partial charge in [0.25, 0.3) is 0 Å². The van der Waals surface area contributed by atoms with Crippen molar-refractivity contribution in [3.05, 3.63) is 46.5 Å². The molecule has 2 radical (unpaired) electrons. The number of aromatic nitrogens is 3. The van der Waals surface area contributed by atoms with Gasteiger partial charge < -0.3 is 5.11 Å². The van der Waals surface area contributed by atoms with Gasteiger partial charge in [0, 0.05) is 6.42 Å². The maximum atomic E-state index is 10.1. The maximum Gasteiger partial charge on any atom is 0.217 e. The molecule has 2 aromatic rings. The van der Waals surface area contributed by atoms with E-state index in [0.717, 1.165) is 5.56 Å². The monoisotopic (exact) mass is 289 g/mol. The Morgan fingerprint density at radius 1 is 1.41 bits per heavy atom. The number of halogens is 1. The second-order valence-corrected chi connectivity index (χ2v) is 4.91. The fourth-order valence-corrected chi connectivity index (χ4v) is 2.56. The first-order valence-electron chi connectivity index (χ1n) is 5.27. The summed E-state index contributed by atoms with van der Waals surface area (Å²) in [5, 5.41) is 14.4. The van der Waals surface area contributed by atoms with Crippen molar-refractivity contribution in [2.45, 2.75) is 18.0 Å². The highest BCUT2D eigenvalue weighted by Gasteiger charge is 2.41. The van der Waals surface area contributed by atoms with Gasteiger partial charge in [-0.05, 0) is 21.5 Å². The first kappa shape index (κ1) is 11.0. The van der Waals surface area contributed by atoms with E-state index in [2.05, 4.69) is 26.0 Å². The highest BCUT2D eigenvalue weighted by atomic mass is 79.9. The van der Waals surface area contributed by atoms with E-state index < -0.39 is 5.50 Å². The zero-order valence-electron chi connectivity index (χ0n) is 8.92. The molecule has 0 spiro atoms. The zero-order valence-corrected chi connectivity index (χ0v) is 10.5. The number of hydrogen-bond acceptors (Lipinski definition) is 3. The summed E-state index contributed by atoms with van der Waals surface area (Å²) in [5.41, 5.74) is -0.355. The molecule has 0 saturated carbocycles. The molecule has 1 aliphatic heterocycles. The molecule has 1 N–H and O–H groups in total. The van der Waals surface area contributed by atoms with E-state index in [-0.39, 0.29) is 6.04 Å². The topological polar surface area (TPSA) is 50.9 Å². The molecule has 1 aromatic carbocycles. The summed E-state index contributed by atoms with van der Waals surface area (Å²) in [6.07, 6.45) is 0.389. The van der Waals surface area contributed by atoms with E-state index in [4.69, 9.17) is 7.85 Å². The van der Waals surface area contributed by atoms with Crippen LogP contribution in [-0.4, -0.2) is 27.7 Å². The van der Waals surface area contributed by atoms with Crippen molar-refractivity contribution >= 4 is 23.8 Å². The number of aliphatic hydroxyl groups is 1. The lowest BCUT2D eigenvalue weighted by molar-refractivity contribution is 0.122. The lowest BCUT2D eigenvalue weighted by atomic mass is 9.78. The van der Waals surface area contributed by atoms with E-state index >= 15 is 0 Å². The molecule has 0 bridgehead atoms. The van der Waals surface area contributed by atoms with Crippen molar-refractivity contribution in [2.24, 2.45) is 0 Å². The number of benzene rings is 1. The van der Waals surface area contributed by atoms with Gasteiger partial charge in [0.1, 0.15) is 7.85 Å². The van der Waals surface area contributed by atoms with Gasteiger partial charge >= 0.3 is 0 Å². The summed E-state index contributed by atoms with van der Waals surface area (Å²) < 4.78 is 2.12. The second kappa shape index (κ2) is 3.68. The van der Waals surface area contributed by atoms with Gasteiger partial charge in [-0.3, -0.25) is 0 Å². The lowest BCUT2D eigenvalue weighted by Gasteiger charge is -2.15. The molecule has 0 saturated heterocycles. The molecule has 0 amide bonds. The Morgan fingerprint density at radius 2 is 2.12 bits per heavy atom. The Hall–Kier alpha value is -1.14. The molecule has 2 heterocycles. The Kier molecular flexibility index (Phi) is 2.38. The molecule has 2 atom stereocenters. The van der Waals surface area contributed by atoms with Crippen LogP contribution in [0.25, 0.3) is 0 Å². The first-order chi connectivity index (χ1) is 8.08. The molecule has 1 aliphatic rings. The molecule has 17 heavy (non-hydrogen) atoms. The molecular formula is C11H9BBrN3O. The molecule has 0 unspecified atom stereocenters. The van der Waals surface area contributed by atoms with Crippen LogP contribution in [0.1, 0.15) is 23.9 Å². The van der Waals surface area contributed by atoms with Crippen molar-refractivity contribution in [3.63, 3.8) is 0 Å². The van der Waals surface area contributed by atoms with Crippen LogP contribution < -0.4 is 0 Å². The molecule has 4 nitrogen and oxygen atoms in total. The van der Waals surface area contributed by atoms with E-state index in [1.54, 1.807) is 4.68 Å². The van der Waals surface area contributed by atoms with E-state index in [9.17, 15) is 5.11 Å². The van der Waals surface area contributed by atoms with Gasteiger partial charge in [-0.15, -0.1) is 5.10 Å². The standard InChI is InChI=1S/C11H9BBrN3O/c12-11(17)6-8(7-4-2-1-3-5-7)16-9(11)14-10(13)15-16/h1-5,8,17H,6H2/t8-,11+/m0/s1. The van der Waals surface area contributed by atoms with Gasteiger partial charge in [0.05, 0.1) is 11.5 Å². The number of nitrogens with zero attached hydrogens (tertiary/aromatic N) is 3. The lowest BCUT2D eigenvalue weighted by Crippen LogP contribution is -2.23. The Bertz CT molecular complexity index is 555. The summed E-state index contributed by atoms with van der Waals surface area (Å²) in [7, 11) is 5.84. The fraction of sp³-hybridized carbons (Fsp3) is 0.273. The van der Waals surface area contributed by atoms with Crippen LogP contribution in [0.15, 0.2) is 35.1 Å². The second-order valence-electron chi connectivity index (χ2n) is 4.20. The molecule has 3 rings (SSSR count). The molecule has 0 fully saturated rings. The molecule has 1 aromatic heterocycles. The van der Waals surface area contributed by atoms with Gasteiger partial charge in [-0.25, -0.2) is 9.67 Å². The van der Waals surface area contributed by atoms with Crippen molar-refractivity contribution in [3.8, 4) is 0 Å². The minimum atomic E-state index is -1.42. The predicted molar refractivity (Wildman–Crippen MR) is 66.6 cm³/mol. The Balaban J connectivity index is 2.11. The van der Waals surface area contributed by atoms with Crippen LogP contribution in [0.4, 0.5) is 0 Å². The van der Waals surface area contributed by atoms with Gasteiger partial charge in [-0.2, -0.15) is 0 Å². The third-order valence-electron chi connectivity index (χ3n) is 2.98. The van der Waals surface area contributed by atoms with Crippen molar-refractivity contribution < 1.29 is 5.11 Å². The van der Waals surface area contributed by atoms with Crippen LogP contribution >= 0.6 is 15.9 Å². The smallest absolute Gasteiger partial charge is 0.217 e. The normalized spacial score (nSPS) is 27.1. The van der Waals surface area contributed by atoms with Crippen molar-refractivity contribution in [2.75, 3.05) is 0 Å². The number of rotatable bonds is 1. The molecule has 84 valence electrons. The largest absolute Gasteiger partial charge is 0.392 e. The highest BCUT2D eigenvalue weighted by Crippen LogP contribution is 2.39. The summed E-state index contributed by atoms with van der Waals surface area (Å²) in [6, 6.07) is 9.77. The minimum absolute atomic E-state index is 0.0694. The number of fused-ring (bicyclic) bond motifs is 1. The summed E-state index contributed by atoms with van der Waals surface area (Å²) in [4.78, 5) is 4.11. The van der Waals surface area contributed by atoms with Crippen LogP contribution in [0.3, 0.4) is 0 Å². The van der Waals surface area contributed by atoms with Crippen LogP contribution in [-0.2, 0) is 5.50 Å². The number of hydrogen-bond donors (Lipinski definition) is 1. The quantitative estimate of drug-likeness (QED) is 0.806. The third kappa shape index (κ3) is 1.72. The van der Waals surface area contributed by atoms with E-state index in [0.29, 0.717) is 17.0 Å². The zero-order chi connectivity index (χ0) is 12.0. The highest BCUT2D eigenvalue weighted by molar-refractivity contribution is 9.10. The van der Waals surface area contributed by atoms with Gasteiger partial charge in [0.2, 0.25) is 4.73 Å². The Morgan fingerprint density at radius 3 is 2.82 bits per heavy atom. The predicted octanol–water partition coefficient (Wildman–Crippen LogP) is 1.35. The average molecular weight is 290 g/mol. The van der Waals surface area contributed by atoms with E-state index in [1.807, 2.05) is 30.3 Å². The van der Waals surface area contributed by atoms with Gasteiger partial charge in [-0.1, -0.05) is 30.3 Å². The summed E-state index contributed by atoms with van der Waals surface area (Å²) >= 11 is 3.20. The SMILES string of the molecule is [B][C@@]1(O)C[C@@H](c2ccccc2)n2nc(Br)nc21. The summed E-state index contributed by atoms with van der Waals surface area (Å²) in [6.45, 7) is 0. The third-order valence-corrected chi connectivity index (χ3v) is 3.31. The average Bonchev–Trinajstić information content (AvgIpc) is 2.79. The van der Waals surface area contributed by atoms with Crippen molar-refractivity contribution in [1.82, 2.24) is 14.8 Å². The molecular weight excluding hydrogens is 281 g/mol. The summed E-state index contributed by atoms with van der Waals surface area (Å²) in [5.74, 6) is 0.401. The maximum absolute atomic E-state index is 10.1. The molecule has 0 aliphatic carbocycles. The minimum Gasteiger partial charge on any atom is -0.392 e. The molecule has 6 heteroatoms. The fourth-order valence-electron chi connectivity index (χ4n) is 2.22.